The average Bonchev–Trinajstić information content (AvgIpc) is 2.90. The lowest BCUT2D eigenvalue weighted by molar-refractivity contribution is 0.170. The van der Waals surface area contributed by atoms with Gasteiger partial charge in [0.2, 0.25) is 0 Å². The van der Waals surface area contributed by atoms with Crippen LogP contribution in [0.3, 0.4) is 0 Å². The van der Waals surface area contributed by atoms with Gasteiger partial charge in [-0.15, -0.1) is 11.3 Å². The van der Waals surface area contributed by atoms with Crippen LogP contribution < -0.4 is 5.32 Å². The first-order chi connectivity index (χ1) is 8.70. The van der Waals surface area contributed by atoms with Crippen molar-refractivity contribution in [2.24, 2.45) is 5.92 Å². The molecule has 2 heterocycles. The minimum absolute atomic E-state index is 0.0526. The van der Waals surface area contributed by atoms with E-state index in [1.165, 1.54) is 0 Å². The highest BCUT2D eigenvalue weighted by Gasteiger charge is 2.23. The summed E-state index contributed by atoms with van der Waals surface area (Å²) in [5.74, 6) is 0.745. The lowest BCUT2D eigenvalue weighted by atomic mass is 10.00. The van der Waals surface area contributed by atoms with E-state index in [1.54, 1.807) is 17.5 Å². The second-order valence-electron chi connectivity index (χ2n) is 4.95. The largest absolute Gasteiger partial charge is 0.329 e. The minimum atomic E-state index is 0.0526. The Morgan fingerprint density at radius 1 is 1.61 bits per heavy atom. The van der Waals surface area contributed by atoms with Crippen LogP contribution in [0, 0.1) is 5.92 Å². The summed E-state index contributed by atoms with van der Waals surface area (Å²) in [5, 5.41) is 6.04. The molecule has 2 rings (SSSR count). The summed E-state index contributed by atoms with van der Waals surface area (Å²) in [7, 11) is 0. The molecule has 0 radical (unpaired) electrons. The van der Waals surface area contributed by atoms with Crippen LogP contribution in [0.2, 0.25) is 0 Å². The predicted molar refractivity (Wildman–Crippen MR) is 73.6 cm³/mol. The Morgan fingerprint density at radius 2 is 2.33 bits per heavy atom. The molecule has 1 fully saturated rings. The molecule has 0 aromatic carbocycles. The number of amides is 2. The molecule has 2 amide bonds. The highest BCUT2D eigenvalue weighted by atomic mass is 32.1. The SMILES string of the molecule is CCC(NC(=O)N1CCC(C)CC1)c1nccs1. The van der Waals surface area contributed by atoms with Crippen LogP contribution in [-0.2, 0) is 0 Å². The summed E-state index contributed by atoms with van der Waals surface area (Å²) in [6.45, 7) is 6.08. The van der Waals surface area contributed by atoms with Crippen molar-refractivity contribution in [3.05, 3.63) is 16.6 Å². The Morgan fingerprint density at radius 3 is 2.89 bits per heavy atom. The van der Waals surface area contributed by atoms with Crippen molar-refractivity contribution in [3.63, 3.8) is 0 Å². The maximum atomic E-state index is 12.2. The zero-order chi connectivity index (χ0) is 13.0. The van der Waals surface area contributed by atoms with E-state index in [1.807, 2.05) is 10.3 Å². The molecule has 1 saturated heterocycles. The quantitative estimate of drug-likeness (QED) is 0.915. The van der Waals surface area contributed by atoms with Crippen LogP contribution in [0.1, 0.15) is 44.2 Å². The van der Waals surface area contributed by atoms with Crippen molar-refractivity contribution in [3.8, 4) is 0 Å². The number of nitrogens with one attached hydrogen (secondary N) is 1. The molecule has 1 aliphatic rings. The van der Waals surface area contributed by atoms with Gasteiger partial charge in [-0.25, -0.2) is 9.78 Å². The topological polar surface area (TPSA) is 45.2 Å². The number of hydrogen-bond acceptors (Lipinski definition) is 3. The molecule has 18 heavy (non-hydrogen) atoms. The fourth-order valence-corrected chi connectivity index (χ4v) is 2.97. The van der Waals surface area contributed by atoms with Gasteiger partial charge in [0.15, 0.2) is 0 Å². The molecular formula is C13H21N3OS. The molecule has 0 spiro atoms. The van der Waals surface area contributed by atoms with E-state index >= 15 is 0 Å². The van der Waals surface area contributed by atoms with Crippen LogP contribution in [0.15, 0.2) is 11.6 Å². The first kappa shape index (κ1) is 13.3. The molecular weight excluding hydrogens is 246 g/mol. The summed E-state index contributed by atoms with van der Waals surface area (Å²) in [5.41, 5.74) is 0. The maximum absolute atomic E-state index is 12.2. The van der Waals surface area contributed by atoms with Crippen LogP contribution in [0.4, 0.5) is 4.79 Å². The number of rotatable bonds is 3. The van der Waals surface area contributed by atoms with Gasteiger partial charge in [0.25, 0.3) is 0 Å². The van der Waals surface area contributed by atoms with E-state index in [0.29, 0.717) is 0 Å². The van der Waals surface area contributed by atoms with Gasteiger partial charge in [-0.1, -0.05) is 13.8 Å². The van der Waals surface area contributed by atoms with Crippen LogP contribution >= 0.6 is 11.3 Å². The zero-order valence-corrected chi connectivity index (χ0v) is 11.9. The number of likely N-dealkylation sites (tertiary alicyclic amines) is 1. The van der Waals surface area contributed by atoms with Crippen LogP contribution in [0.5, 0.6) is 0 Å². The van der Waals surface area contributed by atoms with Gasteiger partial charge < -0.3 is 10.2 Å². The third kappa shape index (κ3) is 3.22. The van der Waals surface area contributed by atoms with Crippen molar-refractivity contribution in [1.29, 1.82) is 0 Å². The molecule has 1 aliphatic heterocycles. The summed E-state index contributed by atoms with van der Waals surface area (Å²) < 4.78 is 0. The van der Waals surface area contributed by atoms with Crippen molar-refractivity contribution in [2.75, 3.05) is 13.1 Å². The van der Waals surface area contributed by atoms with Crippen LogP contribution in [0.25, 0.3) is 0 Å². The van der Waals surface area contributed by atoms with Gasteiger partial charge in [-0.05, 0) is 25.2 Å². The smallest absolute Gasteiger partial charge is 0.317 e. The molecule has 4 nitrogen and oxygen atoms in total. The number of carbonyl (C=O) groups excluding carboxylic acids is 1. The Hall–Kier alpha value is -1.10. The van der Waals surface area contributed by atoms with Gasteiger partial charge in [0.1, 0.15) is 5.01 Å². The first-order valence-corrected chi connectivity index (χ1v) is 7.53. The van der Waals surface area contributed by atoms with E-state index in [2.05, 4.69) is 24.1 Å². The molecule has 1 atom stereocenters. The second-order valence-corrected chi connectivity index (χ2v) is 5.88. The monoisotopic (exact) mass is 267 g/mol. The number of hydrogen-bond donors (Lipinski definition) is 1. The van der Waals surface area contributed by atoms with Gasteiger partial charge in [-0.3, -0.25) is 0 Å². The van der Waals surface area contributed by atoms with E-state index < -0.39 is 0 Å². The molecule has 1 N–H and O–H groups in total. The summed E-state index contributed by atoms with van der Waals surface area (Å²) >= 11 is 1.60. The number of piperidine rings is 1. The van der Waals surface area contributed by atoms with Crippen molar-refractivity contribution >= 4 is 17.4 Å². The lowest BCUT2D eigenvalue weighted by Crippen LogP contribution is -2.45. The molecule has 5 heteroatoms. The predicted octanol–water partition coefficient (Wildman–Crippen LogP) is 3.04. The standard InChI is InChI=1S/C13H21N3OS/c1-3-11(12-14-6-9-18-12)15-13(17)16-7-4-10(2)5-8-16/h6,9-11H,3-5,7-8H2,1-2H3,(H,15,17). The van der Waals surface area contributed by atoms with E-state index in [4.69, 9.17) is 0 Å². The molecule has 1 aromatic rings. The maximum Gasteiger partial charge on any atom is 0.317 e. The van der Waals surface area contributed by atoms with Gasteiger partial charge in [0, 0.05) is 24.7 Å². The molecule has 1 aromatic heterocycles. The molecule has 100 valence electrons. The number of nitrogens with zero attached hydrogens (tertiary/aromatic N) is 2. The summed E-state index contributed by atoms with van der Waals surface area (Å²) in [6, 6.07) is 0.112. The third-order valence-electron chi connectivity index (χ3n) is 3.53. The second kappa shape index (κ2) is 6.18. The lowest BCUT2D eigenvalue weighted by Gasteiger charge is -2.31. The number of aromatic nitrogens is 1. The zero-order valence-electron chi connectivity index (χ0n) is 11.1. The Balaban J connectivity index is 1.90. The number of urea groups is 1. The van der Waals surface area contributed by atoms with Crippen LogP contribution in [-0.4, -0.2) is 29.0 Å². The third-order valence-corrected chi connectivity index (χ3v) is 4.42. The average molecular weight is 267 g/mol. The highest BCUT2D eigenvalue weighted by molar-refractivity contribution is 7.09. The number of thiazole rings is 1. The van der Waals surface area contributed by atoms with Crippen molar-refractivity contribution < 1.29 is 4.79 Å². The fourth-order valence-electron chi connectivity index (χ4n) is 2.20. The Labute approximate surface area is 112 Å². The summed E-state index contributed by atoms with van der Waals surface area (Å²) in [6.07, 6.45) is 4.89. The first-order valence-electron chi connectivity index (χ1n) is 6.65. The van der Waals surface area contributed by atoms with E-state index in [0.717, 1.165) is 43.3 Å². The van der Waals surface area contributed by atoms with Gasteiger partial charge in [0.05, 0.1) is 6.04 Å². The van der Waals surface area contributed by atoms with E-state index in [-0.39, 0.29) is 12.1 Å². The minimum Gasteiger partial charge on any atom is -0.329 e. The molecule has 0 bridgehead atoms. The normalized spacial score (nSPS) is 18.7. The van der Waals surface area contributed by atoms with Gasteiger partial charge >= 0.3 is 6.03 Å². The number of carbonyl (C=O) groups is 1. The Kier molecular flexibility index (Phi) is 4.58. The molecule has 0 aliphatic carbocycles. The van der Waals surface area contributed by atoms with E-state index in [9.17, 15) is 4.79 Å². The van der Waals surface area contributed by atoms with Crippen molar-refractivity contribution in [1.82, 2.24) is 15.2 Å². The fraction of sp³-hybridized carbons (Fsp3) is 0.692. The van der Waals surface area contributed by atoms with Gasteiger partial charge in [-0.2, -0.15) is 0 Å². The summed E-state index contributed by atoms with van der Waals surface area (Å²) in [4.78, 5) is 18.4. The van der Waals surface area contributed by atoms with Crippen molar-refractivity contribution in [2.45, 2.75) is 39.2 Å². The molecule has 0 saturated carbocycles. The highest BCUT2D eigenvalue weighted by Crippen LogP contribution is 2.20. The molecule has 1 unspecified atom stereocenters. The Bertz CT molecular complexity index is 372.